The Kier molecular flexibility index (Phi) is 5.10. The lowest BCUT2D eigenvalue weighted by Gasteiger charge is -2.19. The third kappa shape index (κ3) is 3.78. The zero-order valence-electron chi connectivity index (χ0n) is 11.2. The minimum atomic E-state index is -0.827. The van der Waals surface area contributed by atoms with Crippen molar-refractivity contribution in [1.82, 2.24) is 5.32 Å². The van der Waals surface area contributed by atoms with E-state index in [1.807, 2.05) is 31.2 Å². The molecular weight excluding hydrogens is 280 g/mol. The Labute approximate surface area is 122 Å². The number of likely N-dealkylation sites (N-methyl/N-ethyl adjacent to an activating group) is 1. The van der Waals surface area contributed by atoms with E-state index in [1.54, 1.807) is 6.07 Å². The summed E-state index contributed by atoms with van der Waals surface area (Å²) in [5.74, 6) is -1.65. The molecule has 1 unspecified atom stereocenters. The molecule has 0 radical (unpaired) electrons. The minimum Gasteiger partial charge on any atom is -0.310 e. The number of halogens is 3. The van der Waals surface area contributed by atoms with E-state index >= 15 is 0 Å². The van der Waals surface area contributed by atoms with Crippen LogP contribution in [0, 0.1) is 11.6 Å². The number of nitrogens with one attached hydrogen (secondary N) is 1. The fraction of sp³-hybridized carbons (Fsp3) is 0.250. The molecule has 0 aliphatic heterocycles. The number of rotatable bonds is 5. The molecule has 0 aliphatic carbocycles. The molecule has 2 rings (SSSR count). The Morgan fingerprint density at radius 1 is 1.10 bits per heavy atom. The van der Waals surface area contributed by atoms with Gasteiger partial charge in [0.25, 0.3) is 0 Å². The second kappa shape index (κ2) is 6.82. The van der Waals surface area contributed by atoms with E-state index in [4.69, 9.17) is 11.6 Å². The molecule has 1 N–H and O–H groups in total. The summed E-state index contributed by atoms with van der Waals surface area (Å²) in [7, 11) is 0. The van der Waals surface area contributed by atoms with E-state index in [1.165, 1.54) is 6.07 Å². The van der Waals surface area contributed by atoms with Crippen molar-refractivity contribution in [2.45, 2.75) is 19.4 Å². The largest absolute Gasteiger partial charge is 0.310 e. The van der Waals surface area contributed by atoms with E-state index in [0.717, 1.165) is 23.7 Å². The van der Waals surface area contributed by atoms with Crippen LogP contribution in [0.25, 0.3) is 0 Å². The highest BCUT2D eigenvalue weighted by molar-refractivity contribution is 6.30. The van der Waals surface area contributed by atoms with Gasteiger partial charge in [0.1, 0.15) is 0 Å². The molecule has 2 aromatic carbocycles. The lowest BCUT2D eigenvalue weighted by Crippen LogP contribution is -2.23. The summed E-state index contributed by atoms with van der Waals surface area (Å²) in [6.45, 7) is 2.72. The minimum absolute atomic E-state index is 0.0754. The smallest absolute Gasteiger partial charge is 0.159 e. The number of hydrogen-bond acceptors (Lipinski definition) is 1. The molecule has 0 aliphatic rings. The van der Waals surface area contributed by atoms with Crippen molar-refractivity contribution in [3.63, 3.8) is 0 Å². The first-order valence-electron chi connectivity index (χ1n) is 6.53. The number of benzene rings is 2. The highest BCUT2D eigenvalue weighted by Gasteiger charge is 2.13. The molecule has 0 saturated carbocycles. The van der Waals surface area contributed by atoms with Gasteiger partial charge in [-0.2, -0.15) is 0 Å². The summed E-state index contributed by atoms with van der Waals surface area (Å²) in [5, 5.41) is 3.95. The van der Waals surface area contributed by atoms with Gasteiger partial charge in [0.15, 0.2) is 11.6 Å². The Morgan fingerprint density at radius 2 is 1.90 bits per heavy atom. The second-order valence-electron chi connectivity index (χ2n) is 4.62. The van der Waals surface area contributed by atoms with Gasteiger partial charge in [0, 0.05) is 11.1 Å². The molecule has 20 heavy (non-hydrogen) atoms. The van der Waals surface area contributed by atoms with Crippen LogP contribution in [-0.2, 0) is 6.42 Å². The van der Waals surface area contributed by atoms with Crippen molar-refractivity contribution in [2.24, 2.45) is 0 Å². The van der Waals surface area contributed by atoms with Crippen molar-refractivity contribution in [2.75, 3.05) is 6.54 Å². The van der Waals surface area contributed by atoms with Crippen LogP contribution in [-0.4, -0.2) is 6.54 Å². The summed E-state index contributed by atoms with van der Waals surface area (Å²) < 4.78 is 26.4. The van der Waals surface area contributed by atoms with E-state index in [9.17, 15) is 8.78 Å². The van der Waals surface area contributed by atoms with Crippen molar-refractivity contribution < 1.29 is 8.78 Å². The summed E-state index contributed by atoms with van der Waals surface area (Å²) in [6.07, 6.45) is 0.666. The van der Waals surface area contributed by atoms with Crippen LogP contribution in [0.3, 0.4) is 0 Å². The van der Waals surface area contributed by atoms with E-state index < -0.39 is 11.6 Å². The average Bonchev–Trinajstić information content (AvgIpc) is 2.41. The monoisotopic (exact) mass is 295 g/mol. The topological polar surface area (TPSA) is 12.0 Å². The number of hydrogen-bond donors (Lipinski definition) is 1. The zero-order chi connectivity index (χ0) is 14.5. The van der Waals surface area contributed by atoms with Gasteiger partial charge in [-0.3, -0.25) is 0 Å². The lowest BCUT2D eigenvalue weighted by atomic mass is 9.98. The third-order valence-electron chi connectivity index (χ3n) is 3.13. The van der Waals surface area contributed by atoms with Gasteiger partial charge in [-0.15, -0.1) is 0 Å². The first kappa shape index (κ1) is 14.9. The molecule has 1 nitrogen and oxygen atoms in total. The summed E-state index contributed by atoms with van der Waals surface area (Å²) in [5.41, 5.74) is 1.78. The van der Waals surface area contributed by atoms with E-state index in [2.05, 4.69) is 5.32 Å². The molecule has 0 spiro atoms. The van der Waals surface area contributed by atoms with Crippen molar-refractivity contribution >= 4 is 11.6 Å². The Balaban J connectivity index is 2.24. The van der Waals surface area contributed by atoms with Gasteiger partial charge in [-0.25, -0.2) is 8.78 Å². The van der Waals surface area contributed by atoms with E-state index in [-0.39, 0.29) is 6.04 Å². The summed E-state index contributed by atoms with van der Waals surface area (Å²) in [4.78, 5) is 0. The van der Waals surface area contributed by atoms with Crippen LogP contribution in [0.4, 0.5) is 8.78 Å². The standard InChI is InChI=1S/C16H16ClF2N/c1-2-20-16(9-11-4-3-5-13(17)8-11)12-6-7-14(18)15(19)10-12/h3-8,10,16,20H,2,9H2,1H3. The molecule has 1 atom stereocenters. The maximum Gasteiger partial charge on any atom is 0.159 e. The van der Waals surface area contributed by atoms with Gasteiger partial charge < -0.3 is 5.32 Å². The highest BCUT2D eigenvalue weighted by Crippen LogP contribution is 2.22. The first-order valence-corrected chi connectivity index (χ1v) is 6.90. The molecule has 0 heterocycles. The summed E-state index contributed by atoms with van der Waals surface area (Å²) in [6, 6.07) is 11.5. The first-order chi connectivity index (χ1) is 9.60. The maximum absolute atomic E-state index is 13.4. The molecular formula is C16H16ClF2N. The van der Waals surface area contributed by atoms with Crippen LogP contribution < -0.4 is 5.32 Å². The normalized spacial score (nSPS) is 12.4. The lowest BCUT2D eigenvalue weighted by molar-refractivity contribution is 0.497. The maximum atomic E-state index is 13.4. The van der Waals surface area contributed by atoms with Gasteiger partial charge >= 0.3 is 0 Å². The van der Waals surface area contributed by atoms with Crippen LogP contribution in [0.2, 0.25) is 5.02 Å². The van der Waals surface area contributed by atoms with E-state index in [0.29, 0.717) is 11.4 Å². The van der Waals surface area contributed by atoms with Crippen molar-refractivity contribution in [3.05, 3.63) is 70.2 Å². The van der Waals surface area contributed by atoms with Crippen LogP contribution in [0.5, 0.6) is 0 Å². The van der Waals surface area contributed by atoms with Gasteiger partial charge in [0.05, 0.1) is 0 Å². The average molecular weight is 296 g/mol. The van der Waals surface area contributed by atoms with Gasteiger partial charge in [0.2, 0.25) is 0 Å². The summed E-state index contributed by atoms with van der Waals surface area (Å²) >= 11 is 5.97. The predicted octanol–water partition coefficient (Wildman–Crippen LogP) is 4.51. The highest BCUT2D eigenvalue weighted by atomic mass is 35.5. The fourth-order valence-corrected chi connectivity index (χ4v) is 2.40. The Bertz CT molecular complexity index is 586. The molecule has 4 heteroatoms. The quantitative estimate of drug-likeness (QED) is 0.855. The van der Waals surface area contributed by atoms with Crippen LogP contribution >= 0.6 is 11.6 Å². The third-order valence-corrected chi connectivity index (χ3v) is 3.36. The SMILES string of the molecule is CCNC(Cc1cccc(Cl)c1)c1ccc(F)c(F)c1. The predicted molar refractivity (Wildman–Crippen MR) is 77.9 cm³/mol. The second-order valence-corrected chi connectivity index (χ2v) is 5.05. The molecule has 0 bridgehead atoms. The molecule has 0 saturated heterocycles. The van der Waals surface area contributed by atoms with Crippen LogP contribution in [0.1, 0.15) is 24.1 Å². The Hall–Kier alpha value is -1.45. The molecule has 106 valence electrons. The zero-order valence-corrected chi connectivity index (χ0v) is 11.9. The Morgan fingerprint density at radius 3 is 2.55 bits per heavy atom. The fourth-order valence-electron chi connectivity index (χ4n) is 2.18. The molecule has 0 amide bonds. The molecule has 2 aromatic rings. The van der Waals surface area contributed by atoms with Crippen LogP contribution in [0.15, 0.2) is 42.5 Å². The molecule has 0 fully saturated rings. The van der Waals surface area contributed by atoms with Crippen molar-refractivity contribution in [3.8, 4) is 0 Å². The van der Waals surface area contributed by atoms with Crippen molar-refractivity contribution in [1.29, 1.82) is 0 Å². The molecule has 0 aromatic heterocycles. The van der Waals surface area contributed by atoms with Gasteiger partial charge in [-0.05, 0) is 48.4 Å². The van der Waals surface area contributed by atoms with Gasteiger partial charge in [-0.1, -0.05) is 36.7 Å².